The van der Waals surface area contributed by atoms with E-state index >= 15 is 0 Å². The molecule has 0 bridgehead atoms. The van der Waals surface area contributed by atoms with Crippen LogP contribution >= 0.6 is 0 Å². The van der Waals surface area contributed by atoms with Crippen molar-refractivity contribution < 1.29 is 33.4 Å². The maximum Gasteiger partial charge on any atom is 0.532 e. The number of hydrogen-bond acceptors (Lipinski definition) is 9. The van der Waals surface area contributed by atoms with E-state index in [0.717, 1.165) is 19.3 Å². The van der Waals surface area contributed by atoms with E-state index in [1.807, 2.05) is 0 Å². The van der Waals surface area contributed by atoms with Crippen molar-refractivity contribution in [3.05, 3.63) is 91.8 Å². The van der Waals surface area contributed by atoms with E-state index in [9.17, 15) is 29.8 Å². The topological polar surface area (TPSA) is 151 Å². The molecule has 12 nitrogen and oxygen atoms in total. The van der Waals surface area contributed by atoms with Crippen LogP contribution in [0.15, 0.2) is 65.4 Å². The number of unbranched alkanes of at least 4 members (excludes halogenated alkanes) is 3. The average Bonchev–Trinajstić information content (AvgIpc) is 2.93. The van der Waals surface area contributed by atoms with Crippen molar-refractivity contribution in [3.63, 3.8) is 0 Å². The lowest BCUT2D eigenvalue weighted by Gasteiger charge is -2.31. The van der Waals surface area contributed by atoms with Gasteiger partial charge in [0.15, 0.2) is 0 Å². The molecule has 0 aromatic heterocycles. The minimum atomic E-state index is -0.983. The molecule has 2 aromatic carbocycles. The number of aliphatic imine (C=N–C) groups is 1. The quantitative estimate of drug-likeness (QED) is 0.146. The number of rotatable bonds is 11. The molecule has 2 aromatic rings. The number of nitro groups is 2. The zero-order chi connectivity index (χ0) is 27.5. The van der Waals surface area contributed by atoms with Gasteiger partial charge in [-0.05, 0) is 18.6 Å². The lowest BCUT2D eigenvalue weighted by atomic mass is 10.1. The van der Waals surface area contributed by atoms with Crippen molar-refractivity contribution in [2.75, 3.05) is 6.54 Å². The van der Waals surface area contributed by atoms with E-state index < -0.39 is 39.7 Å². The standard InChI is InChI=1S/C26H29N4O8/c1-2-3-4-5-12-22-17-27-15-16-30(22,25(31)37-18-20-10-6-8-13-23(20)28(33)34)26(32)38-19-21-11-7-9-14-24(21)29(35)36/h6-11,13-15,17H,2-5,12,16,18-19H2,1H3/q+1. The highest BCUT2D eigenvalue weighted by Crippen LogP contribution is 2.31. The molecule has 1 heterocycles. The Bertz CT molecular complexity index is 1180. The van der Waals surface area contributed by atoms with Crippen molar-refractivity contribution in [2.24, 2.45) is 4.99 Å². The fourth-order valence-corrected chi connectivity index (χ4v) is 4.09. The van der Waals surface area contributed by atoms with Gasteiger partial charge in [-0.25, -0.2) is 0 Å². The minimum absolute atomic E-state index is 0.163. The fourth-order valence-electron chi connectivity index (χ4n) is 4.09. The van der Waals surface area contributed by atoms with Crippen molar-refractivity contribution in [3.8, 4) is 0 Å². The van der Waals surface area contributed by atoms with Crippen molar-refractivity contribution in [1.29, 1.82) is 0 Å². The summed E-state index contributed by atoms with van der Waals surface area (Å²) in [6.07, 6.45) is 4.72. The van der Waals surface area contributed by atoms with Crippen molar-refractivity contribution in [1.82, 2.24) is 0 Å². The maximum atomic E-state index is 13.6. The summed E-state index contributed by atoms with van der Waals surface area (Å²) >= 11 is 0. The smallest absolute Gasteiger partial charge is 0.414 e. The van der Waals surface area contributed by atoms with Crippen LogP contribution in [0.1, 0.15) is 50.2 Å². The molecule has 0 saturated carbocycles. The molecule has 1 aliphatic rings. The molecule has 0 fully saturated rings. The Morgan fingerprint density at radius 2 is 1.39 bits per heavy atom. The second kappa shape index (κ2) is 13.2. The average molecular weight is 526 g/mol. The molecule has 0 aliphatic carbocycles. The number of allylic oxidation sites excluding steroid dienone is 1. The van der Waals surface area contributed by atoms with Crippen LogP contribution in [-0.2, 0) is 22.7 Å². The Kier molecular flexibility index (Phi) is 9.77. The molecule has 3 rings (SSSR count). The predicted octanol–water partition coefficient (Wildman–Crippen LogP) is 6.19. The number of hydrogen-bond donors (Lipinski definition) is 0. The molecule has 0 N–H and O–H groups in total. The molecule has 0 saturated heterocycles. The van der Waals surface area contributed by atoms with Gasteiger partial charge in [0.25, 0.3) is 11.4 Å². The Morgan fingerprint density at radius 3 is 1.89 bits per heavy atom. The number of imide groups is 1. The highest BCUT2D eigenvalue weighted by atomic mass is 16.6. The summed E-state index contributed by atoms with van der Waals surface area (Å²) in [6, 6.07) is 11.7. The van der Waals surface area contributed by atoms with Crippen LogP contribution in [0, 0.1) is 20.2 Å². The van der Waals surface area contributed by atoms with Gasteiger partial charge < -0.3 is 9.47 Å². The van der Waals surface area contributed by atoms with Crippen molar-refractivity contribution >= 4 is 29.8 Å². The van der Waals surface area contributed by atoms with Crippen LogP contribution < -0.4 is 0 Å². The minimum Gasteiger partial charge on any atom is -0.414 e. The van der Waals surface area contributed by atoms with Gasteiger partial charge >= 0.3 is 12.2 Å². The lowest BCUT2D eigenvalue weighted by molar-refractivity contribution is -0.738. The zero-order valence-corrected chi connectivity index (χ0v) is 21.0. The number of carbonyl (C=O) groups excluding carboxylic acids is 2. The molecular weight excluding hydrogens is 496 g/mol. The van der Waals surface area contributed by atoms with Gasteiger partial charge in [-0.15, -0.1) is 0 Å². The molecule has 1 aliphatic heterocycles. The normalized spacial score (nSPS) is 13.9. The molecule has 0 spiro atoms. The van der Waals surface area contributed by atoms with Gasteiger partial charge in [-0.1, -0.05) is 54.9 Å². The third-order valence-corrected chi connectivity index (χ3v) is 6.16. The van der Waals surface area contributed by atoms with Gasteiger partial charge in [0, 0.05) is 18.6 Å². The molecule has 12 heteroatoms. The SMILES string of the molecule is CCCCCCC1=CN=CC[N+]1(C(=O)OCc1ccccc1[N+](=O)[O-])C(=O)OCc1ccccc1[N+](=O)[O-]. The van der Waals surface area contributed by atoms with Gasteiger partial charge in [-0.2, -0.15) is 9.59 Å². The highest BCUT2D eigenvalue weighted by Gasteiger charge is 2.53. The van der Waals surface area contributed by atoms with Crippen LogP contribution in [0.25, 0.3) is 0 Å². The monoisotopic (exact) mass is 525 g/mol. The van der Waals surface area contributed by atoms with Gasteiger partial charge in [0.2, 0.25) is 0 Å². The number of nitro benzene ring substituents is 2. The van der Waals surface area contributed by atoms with E-state index in [4.69, 9.17) is 9.47 Å². The van der Waals surface area contributed by atoms with Gasteiger partial charge in [-0.3, -0.25) is 25.2 Å². The molecule has 0 radical (unpaired) electrons. The Labute approximate surface area is 219 Å². The highest BCUT2D eigenvalue weighted by molar-refractivity contribution is 5.82. The molecule has 0 unspecified atom stereocenters. The summed E-state index contributed by atoms with van der Waals surface area (Å²) in [5.74, 6) is 0. The number of carbonyl (C=O) groups is 2. The second-order valence-electron chi connectivity index (χ2n) is 8.64. The number of amides is 2. The number of quaternary nitrogens is 1. The van der Waals surface area contributed by atoms with Crippen LogP contribution in [0.2, 0.25) is 0 Å². The van der Waals surface area contributed by atoms with E-state index in [1.54, 1.807) is 12.1 Å². The summed E-state index contributed by atoms with van der Waals surface area (Å²) in [5, 5.41) is 22.7. The fraction of sp³-hybridized carbons (Fsp3) is 0.346. The third kappa shape index (κ3) is 6.45. The summed E-state index contributed by atoms with van der Waals surface area (Å²) in [7, 11) is 0. The number of ether oxygens (including phenoxy) is 2. The summed E-state index contributed by atoms with van der Waals surface area (Å²) in [5.41, 5.74) is 0.235. The Morgan fingerprint density at radius 1 is 0.868 bits per heavy atom. The maximum absolute atomic E-state index is 13.6. The number of nitrogens with zero attached hydrogens (tertiary/aromatic N) is 4. The predicted molar refractivity (Wildman–Crippen MR) is 137 cm³/mol. The van der Waals surface area contributed by atoms with Crippen molar-refractivity contribution in [2.45, 2.75) is 52.2 Å². The Hall–Kier alpha value is -4.45. The molecule has 38 heavy (non-hydrogen) atoms. The summed E-state index contributed by atoms with van der Waals surface area (Å²) in [6.45, 7) is 0.997. The zero-order valence-electron chi connectivity index (χ0n) is 21.0. The summed E-state index contributed by atoms with van der Waals surface area (Å²) < 4.78 is 9.97. The first-order valence-corrected chi connectivity index (χ1v) is 12.2. The first kappa shape index (κ1) is 28.1. The first-order chi connectivity index (χ1) is 18.3. The number of benzene rings is 2. The van der Waals surface area contributed by atoms with E-state index in [0.29, 0.717) is 18.5 Å². The number of para-hydroxylation sites is 2. The first-order valence-electron chi connectivity index (χ1n) is 12.2. The van der Waals surface area contributed by atoms with E-state index in [-0.39, 0.29) is 29.0 Å². The van der Waals surface area contributed by atoms with Crippen LogP contribution in [0.5, 0.6) is 0 Å². The third-order valence-electron chi connectivity index (χ3n) is 6.16. The second-order valence-corrected chi connectivity index (χ2v) is 8.64. The molecule has 2 amide bonds. The molecule has 0 atom stereocenters. The lowest BCUT2D eigenvalue weighted by Crippen LogP contribution is -2.58. The largest absolute Gasteiger partial charge is 0.532 e. The Balaban J connectivity index is 1.88. The molecular formula is C26H29N4O8+. The van der Waals surface area contributed by atoms with E-state index in [1.165, 1.54) is 48.8 Å². The summed E-state index contributed by atoms with van der Waals surface area (Å²) in [4.78, 5) is 52.8. The van der Waals surface area contributed by atoms with Crippen LogP contribution in [0.4, 0.5) is 21.0 Å². The van der Waals surface area contributed by atoms with E-state index in [2.05, 4.69) is 11.9 Å². The van der Waals surface area contributed by atoms with Gasteiger partial charge in [0.05, 0.1) is 33.4 Å². The van der Waals surface area contributed by atoms with Gasteiger partial charge in [0.1, 0.15) is 25.5 Å². The molecule has 200 valence electrons. The van der Waals surface area contributed by atoms with Crippen LogP contribution in [0.3, 0.4) is 0 Å². The van der Waals surface area contributed by atoms with Crippen LogP contribution in [-0.4, -0.2) is 39.3 Å².